The number of nitrogens with zero attached hydrogens (tertiary/aromatic N) is 2. The third-order valence-corrected chi connectivity index (χ3v) is 4.77. The third kappa shape index (κ3) is 3.20. The van der Waals surface area contributed by atoms with Crippen molar-refractivity contribution < 1.29 is 0 Å². The maximum absolute atomic E-state index is 4.93. The number of rotatable bonds is 4. The van der Waals surface area contributed by atoms with E-state index in [0.29, 0.717) is 0 Å². The Kier molecular flexibility index (Phi) is 4.10. The topological polar surface area (TPSA) is 17.8 Å². The molecular weight excluding hydrogens is 304 g/mol. The van der Waals surface area contributed by atoms with Gasteiger partial charge in [-0.2, -0.15) is 0 Å². The zero-order chi connectivity index (χ0) is 17.2. The fourth-order valence-electron chi connectivity index (χ4n) is 3.41. The summed E-state index contributed by atoms with van der Waals surface area (Å²) < 4.78 is 2.36. The van der Waals surface area contributed by atoms with Gasteiger partial charge in [0, 0.05) is 13.0 Å². The van der Waals surface area contributed by atoms with Gasteiger partial charge in [-0.15, -0.1) is 0 Å². The normalized spacial score (nSPS) is 11.1. The Balaban J connectivity index is 1.79. The highest BCUT2D eigenvalue weighted by atomic mass is 15.1. The van der Waals surface area contributed by atoms with E-state index in [4.69, 9.17) is 4.98 Å². The number of hydrogen-bond donors (Lipinski definition) is 0. The van der Waals surface area contributed by atoms with Gasteiger partial charge in [0.25, 0.3) is 0 Å². The van der Waals surface area contributed by atoms with Crippen molar-refractivity contribution >= 4 is 11.0 Å². The van der Waals surface area contributed by atoms with Gasteiger partial charge in [-0.25, -0.2) is 4.98 Å². The van der Waals surface area contributed by atoms with E-state index >= 15 is 0 Å². The van der Waals surface area contributed by atoms with Gasteiger partial charge in [-0.05, 0) is 42.7 Å². The van der Waals surface area contributed by atoms with E-state index < -0.39 is 0 Å². The van der Waals surface area contributed by atoms with Crippen LogP contribution in [0.3, 0.4) is 0 Å². The fraction of sp³-hybridized carbons (Fsp3) is 0.174. The molecule has 1 aromatic heterocycles. The number of para-hydroxylation sites is 2. The zero-order valence-corrected chi connectivity index (χ0v) is 14.7. The Labute approximate surface area is 148 Å². The summed E-state index contributed by atoms with van der Waals surface area (Å²) in [5.41, 5.74) is 7.53. The molecule has 0 radical (unpaired) electrons. The van der Waals surface area contributed by atoms with E-state index in [-0.39, 0.29) is 0 Å². The smallest absolute Gasteiger partial charge is 0.114 e. The molecule has 0 saturated carbocycles. The number of aryl methyl sites for hydroxylation is 2. The lowest BCUT2D eigenvalue weighted by Crippen LogP contribution is -2.06. The van der Waals surface area contributed by atoms with E-state index in [0.717, 1.165) is 24.3 Å². The quantitative estimate of drug-likeness (QED) is 0.498. The first-order valence-corrected chi connectivity index (χ1v) is 8.75. The predicted octanol–water partition coefficient (Wildman–Crippen LogP) is 5.29. The summed E-state index contributed by atoms with van der Waals surface area (Å²) in [7, 11) is 0. The standard InChI is InChI=1S/C23H22N2/c1-17-8-7-10-19(14-17)16-25-22-13-6-5-12-21(22)24-23(25)15-20-11-4-3-9-18(20)2/h3-14H,15-16H2,1-2H3. The molecule has 124 valence electrons. The van der Waals surface area contributed by atoms with Crippen LogP contribution in [0, 0.1) is 13.8 Å². The number of fused-ring (bicyclic) bond motifs is 1. The van der Waals surface area contributed by atoms with Crippen molar-refractivity contribution in [3.63, 3.8) is 0 Å². The molecule has 0 amide bonds. The lowest BCUT2D eigenvalue weighted by atomic mass is 10.1. The Morgan fingerprint density at radius 3 is 2.48 bits per heavy atom. The minimum Gasteiger partial charge on any atom is -0.323 e. The number of benzene rings is 3. The van der Waals surface area contributed by atoms with Gasteiger partial charge in [0.05, 0.1) is 11.0 Å². The lowest BCUT2D eigenvalue weighted by Gasteiger charge is -2.11. The van der Waals surface area contributed by atoms with Gasteiger partial charge in [0.2, 0.25) is 0 Å². The number of hydrogen-bond acceptors (Lipinski definition) is 1. The molecule has 1 heterocycles. The molecule has 0 aliphatic carbocycles. The zero-order valence-electron chi connectivity index (χ0n) is 14.7. The molecule has 0 aliphatic heterocycles. The van der Waals surface area contributed by atoms with Crippen LogP contribution in [-0.2, 0) is 13.0 Å². The highest BCUT2D eigenvalue weighted by molar-refractivity contribution is 5.76. The van der Waals surface area contributed by atoms with Gasteiger partial charge < -0.3 is 4.57 Å². The Bertz CT molecular complexity index is 1030. The predicted molar refractivity (Wildman–Crippen MR) is 104 cm³/mol. The highest BCUT2D eigenvalue weighted by Gasteiger charge is 2.12. The molecule has 4 aromatic rings. The van der Waals surface area contributed by atoms with Gasteiger partial charge in [-0.3, -0.25) is 0 Å². The second kappa shape index (κ2) is 6.56. The molecule has 0 atom stereocenters. The molecule has 0 bridgehead atoms. The first kappa shape index (κ1) is 15.6. The molecule has 0 spiro atoms. The van der Waals surface area contributed by atoms with Crippen molar-refractivity contribution in [3.8, 4) is 0 Å². The van der Waals surface area contributed by atoms with Gasteiger partial charge in [-0.1, -0.05) is 66.2 Å². The largest absolute Gasteiger partial charge is 0.323 e. The van der Waals surface area contributed by atoms with Crippen LogP contribution in [0.2, 0.25) is 0 Å². The summed E-state index contributed by atoms with van der Waals surface area (Å²) in [4.78, 5) is 4.93. The molecule has 3 aromatic carbocycles. The molecule has 0 unspecified atom stereocenters. The van der Waals surface area contributed by atoms with E-state index in [1.165, 1.54) is 27.8 Å². The van der Waals surface area contributed by atoms with Crippen molar-refractivity contribution in [3.05, 3.63) is 101 Å². The molecule has 0 N–H and O–H groups in total. The second-order valence-corrected chi connectivity index (χ2v) is 6.70. The van der Waals surface area contributed by atoms with Crippen LogP contribution in [0.5, 0.6) is 0 Å². The van der Waals surface area contributed by atoms with Gasteiger partial charge in [0.15, 0.2) is 0 Å². The van der Waals surface area contributed by atoms with E-state index in [9.17, 15) is 0 Å². The minimum absolute atomic E-state index is 0.851. The van der Waals surface area contributed by atoms with Crippen molar-refractivity contribution in [2.75, 3.05) is 0 Å². The average Bonchev–Trinajstić information content (AvgIpc) is 2.95. The Morgan fingerprint density at radius 2 is 1.64 bits per heavy atom. The number of aromatic nitrogens is 2. The van der Waals surface area contributed by atoms with Crippen LogP contribution >= 0.6 is 0 Å². The van der Waals surface area contributed by atoms with Gasteiger partial charge >= 0.3 is 0 Å². The highest BCUT2D eigenvalue weighted by Crippen LogP contribution is 2.21. The third-order valence-electron chi connectivity index (χ3n) is 4.77. The van der Waals surface area contributed by atoms with E-state index in [1.807, 2.05) is 0 Å². The lowest BCUT2D eigenvalue weighted by molar-refractivity contribution is 0.761. The van der Waals surface area contributed by atoms with Crippen molar-refractivity contribution in [2.24, 2.45) is 0 Å². The summed E-state index contributed by atoms with van der Waals surface area (Å²) >= 11 is 0. The maximum Gasteiger partial charge on any atom is 0.114 e. The van der Waals surface area contributed by atoms with Crippen LogP contribution in [0.25, 0.3) is 11.0 Å². The molecule has 2 nitrogen and oxygen atoms in total. The number of imidazole rings is 1. The second-order valence-electron chi connectivity index (χ2n) is 6.70. The monoisotopic (exact) mass is 326 g/mol. The summed E-state index contributed by atoms with van der Waals surface area (Å²) in [5.74, 6) is 1.12. The summed E-state index contributed by atoms with van der Waals surface area (Å²) in [6, 6.07) is 25.7. The van der Waals surface area contributed by atoms with E-state index in [2.05, 4.69) is 91.2 Å². The average molecular weight is 326 g/mol. The Morgan fingerprint density at radius 1 is 0.840 bits per heavy atom. The van der Waals surface area contributed by atoms with Crippen LogP contribution in [-0.4, -0.2) is 9.55 Å². The fourth-order valence-corrected chi connectivity index (χ4v) is 3.41. The van der Waals surface area contributed by atoms with E-state index in [1.54, 1.807) is 0 Å². The maximum atomic E-state index is 4.93. The van der Waals surface area contributed by atoms with Crippen molar-refractivity contribution in [1.82, 2.24) is 9.55 Å². The molecular formula is C23H22N2. The molecule has 0 aliphatic rings. The first-order valence-electron chi connectivity index (χ1n) is 8.75. The van der Waals surface area contributed by atoms with Gasteiger partial charge in [0.1, 0.15) is 5.82 Å². The minimum atomic E-state index is 0.851. The van der Waals surface area contributed by atoms with Crippen LogP contribution in [0.1, 0.15) is 28.1 Å². The van der Waals surface area contributed by atoms with Crippen molar-refractivity contribution in [1.29, 1.82) is 0 Å². The van der Waals surface area contributed by atoms with Crippen molar-refractivity contribution in [2.45, 2.75) is 26.8 Å². The summed E-state index contributed by atoms with van der Waals surface area (Å²) in [6.45, 7) is 5.16. The molecule has 0 fully saturated rings. The van der Waals surface area contributed by atoms with Crippen LogP contribution < -0.4 is 0 Å². The first-order chi connectivity index (χ1) is 12.2. The summed E-state index contributed by atoms with van der Waals surface area (Å²) in [6.07, 6.45) is 0.854. The summed E-state index contributed by atoms with van der Waals surface area (Å²) in [5, 5.41) is 0. The Hall–Kier alpha value is -2.87. The SMILES string of the molecule is Cc1cccc(Cn2c(Cc3ccccc3C)nc3ccccc32)c1. The van der Waals surface area contributed by atoms with Crippen LogP contribution in [0.4, 0.5) is 0 Å². The molecule has 0 saturated heterocycles. The molecule has 2 heteroatoms. The molecule has 4 rings (SSSR count). The molecule has 25 heavy (non-hydrogen) atoms. The van der Waals surface area contributed by atoms with Crippen LogP contribution in [0.15, 0.2) is 72.8 Å².